The van der Waals surface area contributed by atoms with Crippen LogP contribution in [0.1, 0.15) is 45.9 Å². The van der Waals surface area contributed by atoms with Gasteiger partial charge in [-0.2, -0.15) is 5.26 Å². The molecule has 1 saturated heterocycles. The summed E-state index contributed by atoms with van der Waals surface area (Å²) in [6.45, 7) is 6.50. The molecule has 1 aliphatic carbocycles. The standard InChI is InChI=1S/C20H26N8O3/c1-20(2,3)10-27-15-8-13(24-12-6-7-22-14(9-21)25-12)26-28(15)19(31)16(18(27)30)17(29)23-11-4-5-11/h6-7,11,13,15,26,30H,4-5,8,10H2,1-3H3,(H,23,29)(H,22,24,25). The van der Waals surface area contributed by atoms with Gasteiger partial charge in [0.25, 0.3) is 11.8 Å². The van der Waals surface area contributed by atoms with Crippen LogP contribution >= 0.6 is 0 Å². The number of nitriles is 1. The molecular weight excluding hydrogens is 400 g/mol. The zero-order valence-corrected chi connectivity index (χ0v) is 17.7. The van der Waals surface area contributed by atoms with Gasteiger partial charge < -0.3 is 20.6 Å². The van der Waals surface area contributed by atoms with Crippen LogP contribution in [0, 0.1) is 16.7 Å². The molecule has 4 N–H and O–H groups in total. The molecule has 2 aliphatic heterocycles. The number of anilines is 1. The van der Waals surface area contributed by atoms with Crippen molar-refractivity contribution in [2.75, 3.05) is 11.9 Å². The van der Waals surface area contributed by atoms with E-state index < -0.39 is 24.1 Å². The smallest absolute Gasteiger partial charge is 0.281 e. The summed E-state index contributed by atoms with van der Waals surface area (Å²) in [5.41, 5.74) is 2.63. The molecule has 1 aromatic heterocycles. The summed E-state index contributed by atoms with van der Waals surface area (Å²) in [6.07, 6.45) is 2.76. The zero-order valence-electron chi connectivity index (χ0n) is 17.7. The van der Waals surface area contributed by atoms with Crippen molar-refractivity contribution in [1.29, 1.82) is 5.26 Å². The van der Waals surface area contributed by atoms with Gasteiger partial charge in [0, 0.05) is 25.2 Å². The fraction of sp³-hybridized carbons (Fsp3) is 0.550. The van der Waals surface area contributed by atoms with Gasteiger partial charge in [-0.3, -0.25) is 9.59 Å². The Kier molecular flexibility index (Phi) is 5.18. The number of fused-ring (bicyclic) bond motifs is 1. The monoisotopic (exact) mass is 426 g/mol. The minimum Gasteiger partial charge on any atom is -0.494 e. The molecule has 0 spiro atoms. The normalized spacial score (nSPS) is 23.5. The number of carbonyl (C=O) groups is 2. The fourth-order valence-electron chi connectivity index (χ4n) is 3.72. The van der Waals surface area contributed by atoms with Crippen molar-refractivity contribution < 1.29 is 14.7 Å². The van der Waals surface area contributed by atoms with Crippen LogP contribution in [0.15, 0.2) is 23.7 Å². The lowest BCUT2D eigenvalue weighted by molar-refractivity contribution is -0.142. The number of aromatic nitrogens is 2. The molecule has 1 saturated carbocycles. The molecule has 2 atom stereocenters. The molecule has 31 heavy (non-hydrogen) atoms. The molecule has 2 fully saturated rings. The zero-order chi connectivity index (χ0) is 22.3. The van der Waals surface area contributed by atoms with E-state index in [0.717, 1.165) is 12.8 Å². The van der Waals surface area contributed by atoms with Crippen molar-refractivity contribution in [3.8, 4) is 6.07 Å². The molecule has 11 nitrogen and oxygen atoms in total. The summed E-state index contributed by atoms with van der Waals surface area (Å²) in [5, 5.41) is 27.3. The topological polar surface area (TPSA) is 147 Å². The highest BCUT2D eigenvalue weighted by atomic mass is 16.3. The third kappa shape index (κ3) is 4.39. The van der Waals surface area contributed by atoms with Gasteiger partial charge in [-0.1, -0.05) is 20.8 Å². The highest BCUT2D eigenvalue weighted by molar-refractivity contribution is 6.19. The largest absolute Gasteiger partial charge is 0.494 e. The molecule has 2 unspecified atom stereocenters. The summed E-state index contributed by atoms with van der Waals surface area (Å²) in [6, 6.07) is 3.57. The lowest BCUT2D eigenvalue weighted by atomic mass is 9.95. The summed E-state index contributed by atoms with van der Waals surface area (Å²) in [4.78, 5) is 35.5. The van der Waals surface area contributed by atoms with Crippen molar-refractivity contribution in [1.82, 2.24) is 30.6 Å². The Morgan fingerprint density at radius 3 is 2.81 bits per heavy atom. The maximum absolute atomic E-state index is 13.1. The van der Waals surface area contributed by atoms with Crippen LogP contribution in [0.3, 0.4) is 0 Å². The van der Waals surface area contributed by atoms with Gasteiger partial charge in [-0.25, -0.2) is 20.4 Å². The Morgan fingerprint density at radius 1 is 1.42 bits per heavy atom. The van der Waals surface area contributed by atoms with Crippen LogP contribution in [0.2, 0.25) is 0 Å². The third-order valence-electron chi connectivity index (χ3n) is 5.19. The Morgan fingerprint density at radius 2 is 2.16 bits per heavy atom. The van der Waals surface area contributed by atoms with Crippen LogP contribution in [-0.2, 0) is 9.59 Å². The van der Waals surface area contributed by atoms with Gasteiger partial charge in [-0.05, 0) is 24.3 Å². The van der Waals surface area contributed by atoms with E-state index in [2.05, 4.69) is 26.0 Å². The van der Waals surface area contributed by atoms with Crippen LogP contribution < -0.4 is 16.1 Å². The van der Waals surface area contributed by atoms with Gasteiger partial charge in [0.15, 0.2) is 5.57 Å². The van der Waals surface area contributed by atoms with Crippen molar-refractivity contribution in [3.63, 3.8) is 0 Å². The second-order valence-corrected chi connectivity index (χ2v) is 9.23. The second-order valence-electron chi connectivity index (χ2n) is 9.23. The van der Waals surface area contributed by atoms with Crippen molar-refractivity contribution >= 4 is 17.6 Å². The van der Waals surface area contributed by atoms with E-state index in [1.165, 1.54) is 11.2 Å². The van der Waals surface area contributed by atoms with Gasteiger partial charge in [0.2, 0.25) is 11.7 Å². The number of nitrogens with one attached hydrogen (secondary N) is 3. The van der Waals surface area contributed by atoms with E-state index in [1.807, 2.05) is 26.8 Å². The average molecular weight is 426 g/mol. The summed E-state index contributed by atoms with van der Waals surface area (Å²) in [7, 11) is 0. The average Bonchev–Trinajstić information content (AvgIpc) is 3.41. The molecule has 3 heterocycles. The summed E-state index contributed by atoms with van der Waals surface area (Å²) < 4.78 is 0. The van der Waals surface area contributed by atoms with Gasteiger partial charge >= 0.3 is 0 Å². The van der Waals surface area contributed by atoms with Gasteiger partial charge in [0.05, 0.1) is 6.17 Å². The number of aliphatic hydroxyl groups is 1. The molecule has 1 aromatic rings. The Hall–Kier alpha value is -3.39. The minimum atomic E-state index is -0.574. The van der Waals surface area contributed by atoms with E-state index in [4.69, 9.17) is 5.26 Å². The highest BCUT2D eigenvalue weighted by Crippen LogP contribution is 2.33. The number of hydrazine groups is 1. The van der Waals surface area contributed by atoms with Crippen molar-refractivity contribution in [2.45, 2.75) is 58.4 Å². The van der Waals surface area contributed by atoms with Crippen LogP contribution in [0.4, 0.5) is 5.82 Å². The van der Waals surface area contributed by atoms with Gasteiger partial charge in [-0.15, -0.1) is 0 Å². The lowest BCUT2D eigenvalue weighted by Gasteiger charge is -2.42. The molecule has 2 amide bonds. The van der Waals surface area contributed by atoms with E-state index >= 15 is 0 Å². The predicted octanol–water partition coefficient (Wildman–Crippen LogP) is 0.559. The maximum Gasteiger partial charge on any atom is 0.281 e. The molecular formula is C20H26N8O3. The molecule has 164 valence electrons. The SMILES string of the molecule is CC(C)(C)CN1C(O)=C(C(=O)NC2CC2)C(=O)N2NC(Nc3ccnc(C#N)n3)CC12. The summed E-state index contributed by atoms with van der Waals surface area (Å²) in [5.74, 6) is -0.965. The van der Waals surface area contributed by atoms with E-state index in [0.29, 0.717) is 18.8 Å². The van der Waals surface area contributed by atoms with Crippen molar-refractivity contribution in [2.24, 2.45) is 5.41 Å². The highest BCUT2D eigenvalue weighted by Gasteiger charge is 2.49. The first-order valence-corrected chi connectivity index (χ1v) is 10.3. The Balaban J connectivity index is 1.59. The molecule has 4 rings (SSSR count). The number of carbonyl (C=O) groups excluding carboxylic acids is 2. The number of amides is 2. The van der Waals surface area contributed by atoms with Crippen molar-refractivity contribution in [3.05, 3.63) is 29.5 Å². The molecule has 0 bridgehead atoms. The second kappa shape index (κ2) is 7.70. The lowest BCUT2D eigenvalue weighted by Crippen LogP contribution is -2.58. The third-order valence-corrected chi connectivity index (χ3v) is 5.19. The first-order chi connectivity index (χ1) is 14.7. The number of aliphatic hydroxyl groups excluding tert-OH is 1. The molecule has 0 aromatic carbocycles. The molecule has 3 aliphatic rings. The summed E-state index contributed by atoms with van der Waals surface area (Å²) >= 11 is 0. The number of nitrogens with zero attached hydrogens (tertiary/aromatic N) is 5. The fourth-order valence-corrected chi connectivity index (χ4v) is 3.72. The van der Waals surface area contributed by atoms with E-state index in [-0.39, 0.29) is 28.7 Å². The Bertz CT molecular complexity index is 975. The van der Waals surface area contributed by atoms with E-state index in [9.17, 15) is 14.7 Å². The number of hydrogen-bond donors (Lipinski definition) is 4. The first-order valence-electron chi connectivity index (χ1n) is 10.3. The quantitative estimate of drug-likeness (QED) is 0.496. The molecule has 0 radical (unpaired) electrons. The first kappa shape index (κ1) is 20.9. The van der Waals surface area contributed by atoms with Crippen LogP contribution in [-0.4, -0.2) is 61.7 Å². The minimum absolute atomic E-state index is 0.0319. The molecule has 11 heteroatoms. The van der Waals surface area contributed by atoms with Crippen LogP contribution in [0.25, 0.3) is 0 Å². The Labute approximate surface area is 180 Å². The van der Waals surface area contributed by atoms with E-state index in [1.54, 1.807) is 11.0 Å². The number of hydrogen-bond acceptors (Lipinski definition) is 9. The van der Waals surface area contributed by atoms with Crippen LogP contribution in [0.5, 0.6) is 0 Å². The van der Waals surface area contributed by atoms with Gasteiger partial charge in [0.1, 0.15) is 18.1 Å². The number of rotatable bonds is 5. The predicted molar refractivity (Wildman–Crippen MR) is 110 cm³/mol. The maximum atomic E-state index is 13.1.